The quantitative estimate of drug-likeness (QED) is 0.203. The number of allylic oxidation sites excluding steroid dienone is 2. The summed E-state index contributed by atoms with van der Waals surface area (Å²) >= 11 is 0. The normalized spacial score (nSPS) is 15.3. The highest BCUT2D eigenvalue weighted by Gasteiger charge is 2.28. The third-order valence-electron chi connectivity index (χ3n) is 6.61. The molecule has 0 saturated heterocycles. The molecule has 0 fully saturated rings. The number of hydrogen-bond acceptors (Lipinski definition) is 8. The van der Waals surface area contributed by atoms with Crippen molar-refractivity contribution in [3.8, 4) is 5.75 Å². The van der Waals surface area contributed by atoms with E-state index in [9.17, 15) is 21.4 Å². The summed E-state index contributed by atoms with van der Waals surface area (Å²) in [4.78, 5) is 1.98. The van der Waals surface area contributed by atoms with Crippen LogP contribution < -0.4 is 14.2 Å². The predicted molar refractivity (Wildman–Crippen MR) is 147 cm³/mol. The molecule has 0 atom stereocenters. The fourth-order valence-corrected chi connectivity index (χ4v) is 5.38. The highest BCUT2D eigenvalue weighted by atomic mass is 32.2. The summed E-state index contributed by atoms with van der Waals surface area (Å²) < 4.78 is 79.4. The summed E-state index contributed by atoms with van der Waals surface area (Å²) in [5.74, 6) is 0.759. The molecule has 1 aliphatic rings. The van der Waals surface area contributed by atoms with E-state index in [4.69, 9.17) is 13.7 Å². The highest BCUT2D eigenvalue weighted by molar-refractivity contribution is 7.85. The molecule has 2 aromatic carbocycles. The van der Waals surface area contributed by atoms with Crippen LogP contribution in [0, 0.1) is 13.8 Å². The first kappa shape index (κ1) is 28.8. The minimum Gasteiger partial charge on any atom is -0.748 e. The van der Waals surface area contributed by atoms with Gasteiger partial charge in [0.15, 0.2) is 12.3 Å². The number of benzene rings is 2. The Labute approximate surface area is 228 Å². The van der Waals surface area contributed by atoms with Gasteiger partial charge in [-0.3, -0.25) is 4.55 Å². The molecule has 0 bridgehead atoms. The van der Waals surface area contributed by atoms with Crippen LogP contribution in [0.2, 0.25) is 0 Å². The van der Waals surface area contributed by atoms with E-state index in [0.29, 0.717) is 54.4 Å². The molecule has 0 aliphatic carbocycles. The first-order chi connectivity index (χ1) is 18.3. The van der Waals surface area contributed by atoms with E-state index in [0.717, 1.165) is 22.4 Å². The lowest BCUT2D eigenvalue weighted by atomic mass is 10.1. The summed E-state index contributed by atoms with van der Waals surface area (Å²) in [6.45, 7) is 6.39. The topological polar surface area (TPSA) is 141 Å². The molecule has 0 spiro atoms. The van der Waals surface area contributed by atoms with Crippen molar-refractivity contribution in [1.82, 2.24) is 0 Å². The van der Waals surface area contributed by atoms with Crippen LogP contribution in [0.3, 0.4) is 0 Å². The minimum atomic E-state index is -4.43. The number of hydrogen-bond donors (Lipinski definition) is 1. The zero-order valence-corrected chi connectivity index (χ0v) is 23.7. The zero-order chi connectivity index (χ0) is 28.4. The summed E-state index contributed by atoms with van der Waals surface area (Å²) in [6.07, 6.45) is 5.06. The van der Waals surface area contributed by atoms with E-state index in [1.165, 1.54) is 0 Å². The Bertz CT molecular complexity index is 1650. The molecule has 2 heterocycles. The average Bonchev–Trinajstić information content (AvgIpc) is 3.36. The maximum Gasteiger partial charge on any atom is 0.374 e. The third kappa shape index (κ3) is 7.27. The number of nitrogens with zero attached hydrogens (tertiary/aromatic N) is 2. The van der Waals surface area contributed by atoms with Gasteiger partial charge in [0.1, 0.15) is 10.1 Å². The van der Waals surface area contributed by atoms with Gasteiger partial charge in [0.05, 0.1) is 23.3 Å². The maximum absolute atomic E-state index is 11.3. The second-order valence-electron chi connectivity index (χ2n) is 9.53. The van der Waals surface area contributed by atoms with Crippen molar-refractivity contribution in [2.75, 3.05) is 23.0 Å². The SMILES string of the molecule is CCC(/C=C1\Oc2cc(C)c(C)cc2N1CCCCS(=O)(=O)O)=C\c1oc2ccccc2[n+]1CCS(=O)(=O)[O-]. The Balaban J connectivity index is 1.70. The van der Waals surface area contributed by atoms with Crippen LogP contribution in [-0.2, 0) is 26.8 Å². The van der Waals surface area contributed by atoms with Crippen LogP contribution in [0.15, 0.2) is 58.3 Å². The van der Waals surface area contributed by atoms with Crippen LogP contribution in [0.5, 0.6) is 5.75 Å². The average molecular weight is 577 g/mol. The summed E-state index contributed by atoms with van der Waals surface area (Å²) in [7, 11) is -8.47. The number of ether oxygens (including phenoxy) is 1. The van der Waals surface area contributed by atoms with Gasteiger partial charge in [-0.15, -0.1) is 0 Å². The number of rotatable bonds is 11. The van der Waals surface area contributed by atoms with Crippen molar-refractivity contribution in [2.24, 2.45) is 0 Å². The van der Waals surface area contributed by atoms with Crippen molar-refractivity contribution in [1.29, 1.82) is 0 Å². The van der Waals surface area contributed by atoms with Gasteiger partial charge in [0.25, 0.3) is 15.6 Å². The molecular weight excluding hydrogens is 544 g/mol. The summed E-state index contributed by atoms with van der Waals surface area (Å²) in [5, 5.41) is 0. The molecule has 3 aromatic rings. The molecule has 0 saturated carbocycles. The van der Waals surface area contributed by atoms with E-state index < -0.39 is 26.0 Å². The molecule has 1 aromatic heterocycles. The van der Waals surface area contributed by atoms with Crippen LogP contribution in [0.4, 0.5) is 5.69 Å². The van der Waals surface area contributed by atoms with Crippen LogP contribution in [0.25, 0.3) is 17.2 Å². The van der Waals surface area contributed by atoms with Gasteiger partial charge >= 0.3 is 5.89 Å². The second-order valence-corrected chi connectivity index (χ2v) is 12.6. The van der Waals surface area contributed by atoms with Gasteiger partial charge in [-0.1, -0.05) is 19.1 Å². The van der Waals surface area contributed by atoms with Crippen molar-refractivity contribution in [2.45, 2.75) is 46.6 Å². The molecule has 0 radical (unpaired) electrons. The van der Waals surface area contributed by atoms with Gasteiger partial charge in [0, 0.05) is 18.7 Å². The Morgan fingerprint density at radius 2 is 1.79 bits per heavy atom. The Morgan fingerprint density at radius 1 is 1.08 bits per heavy atom. The third-order valence-corrected chi connectivity index (χ3v) is 8.10. The summed E-state index contributed by atoms with van der Waals surface area (Å²) in [6, 6.07) is 11.2. The predicted octanol–water partition coefficient (Wildman–Crippen LogP) is 4.08. The van der Waals surface area contributed by atoms with Crippen LogP contribution >= 0.6 is 0 Å². The smallest absolute Gasteiger partial charge is 0.374 e. The van der Waals surface area contributed by atoms with Crippen molar-refractivity contribution >= 4 is 43.1 Å². The lowest BCUT2D eigenvalue weighted by Gasteiger charge is -2.19. The number of oxazole rings is 1. The molecule has 1 N–H and O–H groups in total. The van der Waals surface area contributed by atoms with Crippen molar-refractivity contribution < 1.29 is 39.7 Å². The van der Waals surface area contributed by atoms with Gasteiger partial charge in [-0.05, 0) is 68.0 Å². The van der Waals surface area contributed by atoms with Crippen LogP contribution in [-0.4, -0.2) is 44.0 Å². The Hall–Kier alpha value is -3.19. The molecule has 210 valence electrons. The van der Waals surface area contributed by atoms with Crippen molar-refractivity contribution in [3.05, 3.63) is 70.9 Å². The molecule has 1 aliphatic heterocycles. The van der Waals surface area contributed by atoms with E-state index in [-0.39, 0.29) is 12.3 Å². The fourth-order valence-electron chi connectivity index (χ4n) is 4.40. The molecule has 0 unspecified atom stereocenters. The van der Waals surface area contributed by atoms with Gasteiger partial charge in [0.2, 0.25) is 11.5 Å². The van der Waals surface area contributed by atoms with E-state index in [1.807, 2.05) is 56.0 Å². The number of aryl methyl sites for hydroxylation is 3. The number of para-hydroxylation sites is 2. The largest absolute Gasteiger partial charge is 0.748 e. The molecule has 10 nitrogen and oxygen atoms in total. The standard InChI is InChI=1S/C27H32N2O8S2/c1-4-21(18-27-29(12-14-39(33,34)35)22-9-5-6-10-24(22)36-27)17-26-28(11-7-8-13-38(30,31)32)23-15-19(2)20(3)16-25(23)37-26/h5-6,9-10,15-18H,4,7-8,11-14H2,1-3H3,(H-,30,31,32,33,34,35). The number of anilines is 1. The zero-order valence-electron chi connectivity index (χ0n) is 22.1. The first-order valence-electron chi connectivity index (χ1n) is 12.6. The molecule has 12 heteroatoms. The van der Waals surface area contributed by atoms with Gasteiger partial charge in [-0.25, -0.2) is 8.42 Å². The second kappa shape index (κ2) is 11.5. The summed E-state index contributed by atoms with van der Waals surface area (Å²) in [5.41, 5.74) is 5.09. The van der Waals surface area contributed by atoms with E-state index in [1.54, 1.807) is 22.8 Å². The number of fused-ring (bicyclic) bond motifs is 2. The Morgan fingerprint density at radius 3 is 2.49 bits per heavy atom. The van der Waals surface area contributed by atoms with E-state index >= 15 is 0 Å². The molecule has 0 amide bonds. The number of aromatic nitrogens is 1. The minimum absolute atomic E-state index is 0.0529. The molecular formula is C27H32N2O8S2. The highest BCUT2D eigenvalue weighted by Crippen LogP contribution is 2.41. The van der Waals surface area contributed by atoms with Gasteiger partial charge < -0.3 is 18.6 Å². The lowest BCUT2D eigenvalue weighted by molar-refractivity contribution is -0.673. The Kier molecular flexibility index (Phi) is 8.50. The monoisotopic (exact) mass is 576 g/mol. The number of unbranched alkanes of at least 4 members (excludes halogenated alkanes) is 1. The van der Waals surface area contributed by atoms with Crippen molar-refractivity contribution in [3.63, 3.8) is 0 Å². The van der Waals surface area contributed by atoms with Gasteiger partial charge in [-0.2, -0.15) is 13.0 Å². The van der Waals surface area contributed by atoms with Crippen LogP contribution in [0.1, 0.15) is 43.2 Å². The van der Waals surface area contributed by atoms with E-state index in [2.05, 4.69) is 0 Å². The lowest BCUT2D eigenvalue weighted by Crippen LogP contribution is -2.38. The molecule has 4 rings (SSSR count). The molecule has 39 heavy (non-hydrogen) atoms. The maximum atomic E-state index is 11.3. The first-order valence-corrected chi connectivity index (χ1v) is 15.8. The fraction of sp³-hybridized carbons (Fsp3) is 0.370.